The lowest BCUT2D eigenvalue weighted by atomic mass is 10.1. The second kappa shape index (κ2) is 4.94. The molecule has 3 aromatic rings. The Morgan fingerprint density at radius 3 is 2.42 bits per heavy atom. The van der Waals surface area contributed by atoms with Crippen molar-refractivity contribution in [2.24, 2.45) is 0 Å². The van der Waals surface area contributed by atoms with Gasteiger partial charge in [-0.1, -0.05) is 35.5 Å². The van der Waals surface area contributed by atoms with Gasteiger partial charge in [-0.3, -0.25) is 0 Å². The Morgan fingerprint density at radius 1 is 0.947 bits per heavy atom. The van der Waals surface area contributed by atoms with Crippen LogP contribution in [-0.2, 0) is 6.42 Å². The first-order valence-corrected chi connectivity index (χ1v) is 6.04. The highest BCUT2D eigenvalue weighted by Crippen LogP contribution is 2.17. The molecule has 0 radical (unpaired) electrons. The van der Waals surface area contributed by atoms with Crippen LogP contribution in [0, 0.1) is 0 Å². The average Bonchev–Trinajstić information content (AvgIpc) is 2.91. The van der Waals surface area contributed by atoms with Crippen LogP contribution in [0.1, 0.15) is 11.4 Å². The Hall–Kier alpha value is -2.62. The maximum absolute atomic E-state index is 5.65. The Labute approximate surface area is 110 Å². The van der Waals surface area contributed by atoms with Crippen molar-refractivity contribution in [3.8, 4) is 11.5 Å². The lowest BCUT2D eigenvalue weighted by Crippen LogP contribution is -1.92. The Bertz CT molecular complexity index is 659. The van der Waals surface area contributed by atoms with Crippen molar-refractivity contribution in [3.63, 3.8) is 0 Å². The maximum Gasteiger partial charge on any atom is 0.257 e. The number of benzene rings is 2. The first kappa shape index (κ1) is 11.5. The van der Waals surface area contributed by atoms with E-state index in [-0.39, 0.29) is 0 Å². The molecule has 0 bridgehead atoms. The number of aromatic nitrogens is 2. The number of hydrogen-bond donors (Lipinski definition) is 1. The fraction of sp³-hybridized carbons (Fsp3) is 0.0667. The van der Waals surface area contributed by atoms with Crippen molar-refractivity contribution in [1.82, 2.24) is 10.1 Å². The average molecular weight is 251 g/mol. The smallest absolute Gasteiger partial charge is 0.257 e. The monoisotopic (exact) mass is 251 g/mol. The van der Waals surface area contributed by atoms with Gasteiger partial charge in [-0.15, -0.1) is 0 Å². The van der Waals surface area contributed by atoms with E-state index in [0.717, 1.165) is 16.8 Å². The quantitative estimate of drug-likeness (QED) is 0.727. The molecule has 1 aromatic heterocycles. The summed E-state index contributed by atoms with van der Waals surface area (Å²) in [4.78, 5) is 4.39. The van der Waals surface area contributed by atoms with E-state index in [0.29, 0.717) is 18.1 Å². The van der Waals surface area contributed by atoms with Gasteiger partial charge in [0, 0.05) is 17.7 Å². The minimum atomic E-state index is 0.547. The Balaban J connectivity index is 1.80. The third-order valence-corrected chi connectivity index (χ3v) is 2.83. The van der Waals surface area contributed by atoms with E-state index in [4.69, 9.17) is 10.3 Å². The van der Waals surface area contributed by atoms with Gasteiger partial charge in [0.05, 0.1) is 0 Å². The van der Waals surface area contributed by atoms with Crippen molar-refractivity contribution >= 4 is 5.69 Å². The largest absolute Gasteiger partial charge is 0.399 e. The normalized spacial score (nSPS) is 10.5. The van der Waals surface area contributed by atoms with Crippen LogP contribution < -0.4 is 5.73 Å². The molecule has 0 saturated carbocycles. The summed E-state index contributed by atoms with van der Waals surface area (Å²) in [6, 6.07) is 17.4. The number of nitrogens with two attached hydrogens (primary N) is 1. The summed E-state index contributed by atoms with van der Waals surface area (Å²) in [6.07, 6.45) is 0.636. The standard InChI is InChI=1S/C15H13N3O/c16-13-8-6-11(7-9-13)10-14-17-15(19-18-14)12-4-2-1-3-5-12/h1-9H,10,16H2. The van der Waals surface area contributed by atoms with Crippen molar-refractivity contribution in [2.45, 2.75) is 6.42 Å². The van der Waals surface area contributed by atoms with Crippen LogP contribution in [0.15, 0.2) is 59.1 Å². The molecular formula is C15H13N3O. The van der Waals surface area contributed by atoms with Gasteiger partial charge >= 0.3 is 0 Å². The highest BCUT2D eigenvalue weighted by molar-refractivity contribution is 5.52. The number of rotatable bonds is 3. The molecule has 2 N–H and O–H groups in total. The highest BCUT2D eigenvalue weighted by Gasteiger charge is 2.08. The van der Waals surface area contributed by atoms with Gasteiger partial charge in [-0.2, -0.15) is 4.98 Å². The molecule has 0 aliphatic rings. The molecule has 0 aliphatic carbocycles. The summed E-state index contributed by atoms with van der Waals surface area (Å²) in [6.45, 7) is 0. The molecule has 1 heterocycles. The summed E-state index contributed by atoms with van der Waals surface area (Å²) in [7, 11) is 0. The third kappa shape index (κ3) is 2.63. The van der Waals surface area contributed by atoms with Gasteiger partial charge in [0.1, 0.15) is 0 Å². The number of anilines is 1. The van der Waals surface area contributed by atoms with E-state index in [1.165, 1.54) is 0 Å². The molecule has 94 valence electrons. The van der Waals surface area contributed by atoms with Gasteiger partial charge in [-0.25, -0.2) is 0 Å². The lowest BCUT2D eigenvalue weighted by Gasteiger charge is -1.97. The second-order valence-electron chi connectivity index (χ2n) is 4.30. The van der Waals surface area contributed by atoms with E-state index >= 15 is 0 Å². The molecule has 0 aliphatic heterocycles. The van der Waals surface area contributed by atoms with Gasteiger partial charge in [0.2, 0.25) is 0 Å². The molecule has 19 heavy (non-hydrogen) atoms. The van der Waals surface area contributed by atoms with Crippen molar-refractivity contribution < 1.29 is 4.52 Å². The van der Waals surface area contributed by atoms with E-state index < -0.39 is 0 Å². The molecule has 0 atom stereocenters. The first-order chi connectivity index (χ1) is 9.31. The Morgan fingerprint density at radius 2 is 1.68 bits per heavy atom. The first-order valence-electron chi connectivity index (χ1n) is 6.04. The molecule has 4 nitrogen and oxygen atoms in total. The lowest BCUT2D eigenvalue weighted by molar-refractivity contribution is 0.424. The van der Waals surface area contributed by atoms with Crippen LogP contribution in [-0.4, -0.2) is 10.1 Å². The van der Waals surface area contributed by atoms with Crippen molar-refractivity contribution in [2.75, 3.05) is 5.73 Å². The van der Waals surface area contributed by atoms with Gasteiger partial charge < -0.3 is 10.3 Å². The highest BCUT2D eigenvalue weighted by atomic mass is 16.5. The van der Waals surface area contributed by atoms with E-state index in [1.807, 2.05) is 54.6 Å². The minimum Gasteiger partial charge on any atom is -0.399 e. The number of nitrogen functional groups attached to an aromatic ring is 1. The molecule has 3 rings (SSSR count). The van der Waals surface area contributed by atoms with Crippen LogP contribution in [0.25, 0.3) is 11.5 Å². The van der Waals surface area contributed by atoms with E-state index in [2.05, 4.69) is 10.1 Å². The second-order valence-corrected chi connectivity index (χ2v) is 4.30. The molecular weight excluding hydrogens is 238 g/mol. The summed E-state index contributed by atoms with van der Waals surface area (Å²) >= 11 is 0. The summed E-state index contributed by atoms with van der Waals surface area (Å²) in [5.41, 5.74) is 8.44. The van der Waals surface area contributed by atoms with Crippen LogP contribution in [0.5, 0.6) is 0 Å². The van der Waals surface area contributed by atoms with Crippen LogP contribution in [0.2, 0.25) is 0 Å². The van der Waals surface area contributed by atoms with Crippen molar-refractivity contribution in [1.29, 1.82) is 0 Å². The molecule has 0 spiro atoms. The topological polar surface area (TPSA) is 64.9 Å². The third-order valence-electron chi connectivity index (χ3n) is 2.83. The molecule has 2 aromatic carbocycles. The summed E-state index contributed by atoms with van der Waals surface area (Å²) < 4.78 is 5.26. The van der Waals surface area contributed by atoms with Crippen LogP contribution >= 0.6 is 0 Å². The zero-order valence-corrected chi connectivity index (χ0v) is 10.3. The molecule has 0 fully saturated rings. The summed E-state index contributed by atoms with van der Waals surface area (Å²) in [5.74, 6) is 1.22. The molecule has 0 unspecified atom stereocenters. The SMILES string of the molecule is Nc1ccc(Cc2noc(-c3ccccc3)n2)cc1. The fourth-order valence-corrected chi connectivity index (χ4v) is 1.84. The summed E-state index contributed by atoms with van der Waals surface area (Å²) in [5, 5.41) is 3.99. The fourth-order valence-electron chi connectivity index (χ4n) is 1.84. The van der Waals surface area contributed by atoms with Gasteiger partial charge in [-0.05, 0) is 29.8 Å². The predicted molar refractivity (Wildman–Crippen MR) is 73.4 cm³/mol. The molecule has 4 heteroatoms. The van der Waals surface area contributed by atoms with Gasteiger partial charge in [0.15, 0.2) is 5.82 Å². The zero-order chi connectivity index (χ0) is 13.1. The number of hydrogen-bond acceptors (Lipinski definition) is 4. The van der Waals surface area contributed by atoms with E-state index in [1.54, 1.807) is 0 Å². The predicted octanol–water partition coefficient (Wildman–Crippen LogP) is 2.91. The van der Waals surface area contributed by atoms with Crippen molar-refractivity contribution in [3.05, 3.63) is 66.0 Å². The minimum absolute atomic E-state index is 0.547. The van der Waals surface area contributed by atoms with Gasteiger partial charge in [0.25, 0.3) is 5.89 Å². The molecule has 0 amide bonds. The maximum atomic E-state index is 5.65. The number of nitrogens with zero attached hydrogens (tertiary/aromatic N) is 2. The Kier molecular flexibility index (Phi) is 2.98. The zero-order valence-electron chi connectivity index (χ0n) is 10.3. The van der Waals surface area contributed by atoms with Crippen LogP contribution in [0.3, 0.4) is 0 Å². The van der Waals surface area contributed by atoms with Crippen LogP contribution in [0.4, 0.5) is 5.69 Å². The molecule has 0 saturated heterocycles. The van der Waals surface area contributed by atoms with E-state index in [9.17, 15) is 0 Å².